The van der Waals surface area contributed by atoms with Gasteiger partial charge in [-0.1, -0.05) is 42.8 Å². The predicted molar refractivity (Wildman–Crippen MR) is 149 cm³/mol. The summed E-state index contributed by atoms with van der Waals surface area (Å²) in [7, 11) is 1.69. The first-order valence-electron chi connectivity index (χ1n) is 12.7. The number of benzene rings is 2. The van der Waals surface area contributed by atoms with Gasteiger partial charge in [-0.2, -0.15) is 5.10 Å². The van der Waals surface area contributed by atoms with Crippen molar-refractivity contribution in [2.45, 2.75) is 25.5 Å². The van der Waals surface area contributed by atoms with Crippen molar-refractivity contribution in [1.82, 2.24) is 19.3 Å². The van der Waals surface area contributed by atoms with E-state index in [0.717, 1.165) is 43.4 Å². The molecule has 0 saturated carbocycles. The summed E-state index contributed by atoms with van der Waals surface area (Å²) in [5.41, 5.74) is 2.07. The quantitative estimate of drug-likeness (QED) is 0.364. The summed E-state index contributed by atoms with van der Waals surface area (Å²) in [6.45, 7) is 5.26. The van der Waals surface area contributed by atoms with E-state index in [1.165, 1.54) is 15.6 Å². The first kappa shape index (κ1) is 25.8. The number of piperazine rings is 1. The second-order valence-electron chi connectivity index (χ2n) is 9.22. The van der Waals surface area contributed by atoms with Crippen LogP contribution in [-0.4, -0.2) is 57.7 Å². The fourth-order valence-electron chi connectivity index (χ4n) is 4.91. The average molecular weight is 535 g/mol. The van der Waals surface area contributed by atoms with Crippen molar-refractivity contribution in [3.8, 4) is 11.4 Å². The summed E-state index contributed by atoms with van der Waals surface area (Å²) >= 11 is 5.98. The number of nitrogens with zero attached hydrogens (tertiary/aromatic N) is 6. The molecule has 1 N–H and O–H groups in total. The van der Waals surface area contributed by atoms with Crippen LogP contribution in [0.2, 0.25) is 5.02 Å². The minimum Gasteiger partial charge on any atom is -0.495 e. The van der Waals surface area contributed by atoms with Gasteiger partial charge < -0.3 is 19.6 Å². The van der Waals surface area contributed by atoms with Crippen LogP contribution >= 0.6 is 11.6 Å². The fourth-order valence-corrected chi connectivity index (χ4v) is 5.03. The van der Waals surface area contributed by atoms with E-state index in [1.807, 2.05) is 37.3 Å². The molecule has 0 radical (unpaired) electrons. The number of anilines is 2. The monoisotopic (exact) mass is 534 g/mol. The van der Waals surface area contributed by atoms with E-state index < -0.39 is 12.1 Å². The minimum absolute atomic E-state index is 0.329. The van der Waals surface area contributed by atoms with E-state index in [9.17, 15) is 9.90 Å². The van der Waals surface area contributed by atoms with Gasteiger partial charge in [0.05, 0.1) is 30.7 Å². The Morgan fingerprint density at radius 1 is 1.00 bits per heavy atom. The summed E-state index contributed by atoms with van der Waals surface area (Å²) in [4.78, 5) is 22.4. The normalized spacial score (nSPS) is 15.4. The molecule has 5 rings (SSSR count). The largest absolute Gasteiger partial charge is 0.495 e. The Bertz CT molecular complexity index is 1410. The van der Waals surface area contributed by atoms with Gasteiger partial charge in [0.25, 0.3) is 0 Å². The number of ether oxygens (including phenoxy) is 1. The number of hydrogen-bond donors (Lipinski definition) is 1. The van der Waals surface area contributed by atoms with Crippen LogP contribution in [-0.2, 0) is 0 Å². The molecule has 4 aromatic rings. The van der Waals surface area contributed by atoms with Gasteiger partial charge in [-0.15, -0.1) is 0 Å². The molecule has 0 bridgehead atoms. The van der Waals surface area contributed by atoms with Gasteiger partial charge in [0.2, 0.25) is 0 Å². The molecule has 1 aliphatic rings. The van der Waals surface area contributed by atoms with Crippen molar-refractivity contribution in [2.75, 3.05) is 43.1 Å². The highest BCUT2D eigenvalue weighted by molar-refractivity contribution is 6.30. The molecule has 1 saturated heterocycles. The molecule has 0 amide bonds. The molecule has 0 spiro atoms. The van der Waals surface area contributed by atoms with Crippen LogP contribution in [0.3, 0.4) is 0 Å². The highest BCUT2D eigenvalue weighted by Gasteiger charge is 2.25. The number of aliphatic hydroxyl groups excluding tert-OH is 1. The van der Waals surface area contributed by atoms with E-state index in [4.69, 9.17) is 16.3 Å². The summed E-state index contributed by atoms with van der Waals surface area (Å²) in [5.74, 6) is 1.74. The molecule has 2 aromatic carbocycles. The number of pyridine rings is 1. The molecule has 3 heterocycles. The zero-order valence-electron chi connectivity index (χ0n) is 21.4. The Morgan fingerprint density at radius 2 is 1.71 bits per heavy atom. The molecular formula is C28H31ClN6O3. The number of halogens is 1. The third kappa shape index (κ3) is 5.12. The number of rotatable bonds is 8. The number of aliphatic hydroxyl groups is 1. The van der Waals surface area contributed by atoms with Crippen molar-refractivity contribution in [1.29, 1.82) is 0 Å². The summed E-state index contributed by atoms with van der Waals surface area (Å²) < 4.78 is 8.31. The molecule has 198 valence electrons. The van der Waals surface area contributed by atoms with Crippen LogP contribution in [0.5, 0.6) is 5.75 Å². The zero-order chi connectivity index (χ0) is 26.6. The van der Waals surface area contributed by atoms with Crippen molar-refractivity contribution in [2.24, 2.45) is 0 Å². The lowest BCUT2D eigenvalue weighted by molar-refractivity contribution is 0.101. The molecule has 0 unspecified atom stereocenters. The van der Waals surface area contributed by atoms with Crippen LogP contribution < -0.4 is 20.2 Å². The Hall–Kier alpha value is -3.82. The molecule has 1 fully saturated rings. The highest BCUT2D eigenvalue weighted by atomic mass is 35.5. The van der Waals surface area contributed by atoms with Crippen molar-refractivity contribution in [3.63, 3.8) is 0 Å². The van der Waals surface area contributed by atoms with E-state index in [2.05, 4.69) is 25.9 Å². The highest BCUT2D eigenvalue weighted by Crippen LogP contribution is 2.30. The Morgan fingerprint density at radius 3 is 2.37 bits per heavy atom. The fraction of sp³-hybridized carbons (Fsp3) is 0.321. The van der Waals surface area contributed by atoms with Crippen LogP contribution in [0.15, 0.2) is 78.0 Å². The molecular weight excluding hydrogens is 504 g/mol. The van der Waals surface area contributed by atoms with E-state index in [1.54, 1.807) is 37.6 Å². The number of para-hydroxylation sites is 2. The SMILES string of the molecule is CC[C@H]([C@H](O)c1ccc(Cl)cc1)n1ncn(-c2ccc(N3CCN(c4ccccc4OC)CC3)nc2)c1=O. The average Bonchev–Trinajstić information content (AvgIpc) is 3.34. The number of methoxy groups -OCH3 is 1. The van der Waals surface area contributed by atoms with Gasteiger partial charge in [0.15, 0.2) is 0 Å². The predicted octanol–water partition coefficient (Wildman–Crippen LogP) is 4.10. The smallest absolute Gasteiger partial charge is 0.350 e. The van der Waals surface area contributed by atoms with Crippen LogP contribution in [0, 0.1) is 0 Å². The second-order valence-corrected chi connectivity index (χ2v) is 9.66. The molecule has 2 aromatic heterocycles. The van der Waals surface area contributed by atoms with Crippen molar-refractivity contribution in [3.05, 3.63) is 94.3 Å². The molecule has 2 atom stereocenters. The third-order valence-electron chi connectivity index (χ3n) is 7.04. The van der Waals surface area contributed by atoms with Crippen LogP contribution in [0.1, 0.15) is 31.1 Å². The molecule has 0 aliphatic carbocycles. The Balaban J connectivity index is 1.28. The topological polar surface area (TPSA) is 88.7 Å². The summed E-state index contributed by atoms with van der Waals surface area (Å²) in [6.07, 6.45) is 2.79. The summed E-state index contributed by atoms with van der Waals surface area (Å²) in [6, 6.07) is 18.3. The maximum Gasteiger partial charge on any atom is 0.350 e. The maximum atomic E-state index is 13.2. The van der Waals surface area contributed by atoms with E-state index >= 15 is 0 Å². The second kappa shape index (κ2) is 11.3. The lowest BCUT2D eigenvalue weighted by atomic mass is 10.0. The van der Waals surface area contributed by atoms with Gasteiger partial charge in [-0.3, -0.25) is 0 Å². The van der Waals surface area contributed by atoms with Crippen molar-refractivity contribution >= 4 is 23.1 Å². The Kier molecular flexibility index (Phi) is 7.67. The summed E-state index contributed by atoms with van der Waals surface area (Å²) in [5, 5.41) is 15.9. The number of aromatic nitrogens is 4. The zero-order valence-corrected chi connectivity index (χ0v) is 22.2. The standard InChI is InChI=1S/C28H31ClN6O3/c1-3-23(27(36)20-8-10-21(29)11-9-20)35-28(37)34(19-31-35)22-12-13-26(30-18-22)33-16-14-32(15-17-33)24-6-4-5-7-25(24)38-2/h4-13,18-19,23,27,36H,3,14-17H2,1-2H3/t23-,27-/m1/s1. The van der Waals surface area contributed by atoms with Gasteiger partial charge >= 0.3 is 5.69 Å². The molecule has 38 heavy (non-hydrogen) atoms. The first-order chi connectivity index (χ1) is 18.5. The molecule has 9 nitrogen and oxygen atoms in total. The van der Waals surface area contributed by atoms with E-state index in [-0.39, 0.29) is 5.69 Å². The minimum atomic E-state index is -0.895. The van der Waals surface area contributed by atoms with Gasteiger partial charge in [0.1, 0.15) is 24.0 Å². The first-order valence-corrected chi connectivity index (χ1v) is 13.1. The molecule has 10 heteroatoms. The van der Waals surface area contributed by atoms with Gasteiger partial charge in [-0.05, 0) is 48.4 Å². The van der Waals surface area contributed by atoms with E-state index in [0.29, 0.717) is 22.7 Å². The lowest BCUT2D eigenvalue weighted by Crippen LogP contribution is -2.46. The van der Waals surface area contributed by atoms with Crippen LogP contribution in [0.25, 0.3) is 5.69 Å². The maximum absolute atomic E-state index is 13.2. The lowest BCUT2D eigenvalue weighted by Gasteiger charge is -2.37. The molecule has 1 aliphatic heterocycles. The van der Waals surface area contributed by atoms with Gasteiger partial charge in [-0.25, -0.2) is 19.0 Å². The third-order valence-corrected chi connectivity index (χ3v) is 7.29. The van der Waals surface area contributed by atoms with Gasteiger partial charge in [0, 0.05) is 31.2 Å². The number of hydrogen-bond acceptors (Lipinski definition) is 7. The van der Waals surface area contributed by atoms with Crippen LogP contribution in [0.4, 0.5) is 11.5 Å². The Labute approximate surface area is 226 Å². The van der Waals surface area contributed by atoms with Crippen molar-refractivity contribution < 1.29 is 9.84 Å².